The number of carbonyl (C=O) groups is 1. The summed E-state index contributed by atoms with van der Waals surface area (Å²) in [4.78, 5) is 11.4. The number of fused-ring (bicyclic) bond motifs is 1. The lowest BCUT2D eigenvalue weighted by Gasteiger charge is -2.53. The van der Waals surface area contributed by atoms with Gasteiger partial charge in [-0.3, -0.25) is 0 Å². The number of hydrogen-bond donors (Lipinski definition) is 2. The van der Waals surface area contributed by atoms with Crippen molar-refractivity contribution in [3.05, 3.63) is 48.0 Å². The van der Waals surface area contributed by atoms with Gasteiger partial charge in [-0.2, -0.15) is 0 Å². The summed E-state index contributed by atoms with van der Waals surface area (Å²) in [5, 5.41) is 20.7. The van der Waals surface area contributed by atoms with Crippen LogP contribution in [0.1, 0.15) is 45.1 Å². The van der Waals surface area contributed by atoms with E-state index >= 15 is 0 Å². The fourth-order valence-electron chi connectivity index (χ4n) is 4.54. The summed E-state index contributed by atoms with van der Waals surface area (Å²) in [6, 6.07) is 1.98. The number of hydrogen-bond acceptors (Lipinski definition) is 3. The zero-order chi connectivity index (χ0) is 17.4. The fourth-order valence-corrected chi connectivity index (χ4v) is 4.54. The molecule has 0 aliphatic heterocycles. The van der Waals surface area contributed by atoms with Gasteiger partial charge in [0.2, 0.25) is 0 Å². The minimum Gasteiger partial charge on any atom is -0.478 e. The van der Waals surface area contributed by atoms with E-state index in [1.165, 1.54) is 5.56 Å². The Balaban J connectivity index is 1.87. The molecule has 1 aromatic rings. The van der Waals surface area contributed by atoms with Gasteiger partial charge in [0, 0.05) is 17.9 Å². The van der Waals surface area contributed by atoms with E-state index in [1.54, 1.807) is 18.6 Å². The number of carboxylic acid groups (broad SMARTS) is 1. The third kappa shape index (κ3) is 2.95. The molecule has 2 aliphatic rings. The molecule has 0 spiro atoms. The molecule has 2 N–H and O–H groups in total. The standard InChI is InChI=1S/C20H26O4/c1-14-6-10-20(23)12-16(18(21)22)4-3-5-17(20)19(14,2)9-7-15-8-11-24-13-15/h3-5,8,11,13-14,17,23H,6-7,9-10,12H2,1-2H3,(H,21,22). The predicted octanol–water partition coefficient (Wildman–Crippen LogP) is 3.97. The van der Waals surface area contributed by atoms with Crippen molar-refractivity contribution in [1.29, 1.82) is 0 Å². The fraction of sp³-hybridized carbons (Fsp3) is 0.550. The number of carboxylic acids is 1. The van der Waals surface area contributed by atoms with Crippen LogP contribution in [0.15, 0.2) is 46.8 Å². The van der Waals surface area contributed by atoms with Gasteiger partial charge in [0.1, 0.15) is 0 Å². The molecule has 1 heterocycles. The van der Waals surface area contributed by atoms with Gasteiger partial charge in [-0.05, 0) is 48.6 Å². The Hall–Kier alpha value is -1.81. The Morgan fingerprint density at radius 3 is 2.92 bits per heavy atom. The molecular formula is C20H26O4. The molecule has 4 atom stereocenters. The Morgan fingerprint density at radius 2 is 2.25 bits per heavy atom. The molecule has 24 heavy (non-hydrogen) atoms. The number of furan rings is 1. The summed E-state index contributed by atoms with van der Waals surface area (Å²) >= 11 is 0. The predicted molar refractivity (Wildman–Crippen MR) is 91.4 cm³/mol. The smallest absolute Gasteiger partial charge is 0.331 e. The van der Waals surface area contributed by atoms with Crippen molar-refractivity contribution in [2.24, 2.45) is 17.3 Å². The van der Waals surface area contributed by atoms with E-state index in [0.29, 0.717) is 17.9 Å². The van der Waals surface area contributed by atoms with Crippen LogP contribution in [0.3, 0.4) is 0 Å². The van der Waals surface area contributed by atoms with Crippen molar-refractivity contribution in [1.82, 2.24) is 0 Å². The first kappa shape index (κ1) is 17.0. The van der Waals surface area contributed by atoms with E-state index in [1.807, 2.05) is 18.2 Å². The summed E-state index contributed by atoms with van der Waals surface area (Å²) in [5.41, 5.74) is 0.403. The molecule has 0 bridgehead atoms. The summed E-state index contributed by atoms with van der Waals surface area (Å²) in [6.45, 7) is 4.49. The van der Waals surface area contributed by atoms with Gasteiger partial charge < -0.3 is 14.6 Å². The van der Waals surface area contributed by atoms with E-state index in [-0.39, 0.29) is 17.8 Å². The third-order valence-electron chi connectivity index (χ3n) is 6.33. The topological polar surface area (TPSA) is 70.7 Å². The van der Waals surface area contributed by atoms with Crippen molar-refractivity contribution in [2.45, 2.75) is 51.6 Å². The Labute approximate surface area is 142 Å². The van der Waals surface area contributed by atoms with Crippen LogP contribution in [0, 0.1) is 17.3 Å². The van der Waals surface area contributed by atoms with E-state index in [4.69, 9.17) is 4.42 Å². The number of allylic oxidation sites excluding steroid dienone is 2. The van der Waals surface area contributed by atoms with Crippen LogP contribution in [0.25, 0.3) is 0 Å². The molecule has 4 unspecified atom stereocenters. The normalized spacial score (nSPS) is 35.9. The highest BCUT2D eigenvalue weighted by molar-refractivity contribution is 5.87. The average Bonchev–Trinajstić information content (AvgIpc) is 2.98. The van der Waals surface area contributed by atoms with Gasteiger partial charge >= 0.3 is 5.97 Å². The van der Waals surface area contributed by atoms with Gasteiger partial charge in [0.15, 0.2) is 0 Å². The highest BCUT2D eigenvalue weighted by Gasteiger charge is 2.53. The molecule has 0 saturated heterocycles. The molecule has 130 valence electrons. The number of aliphatic carboxylic acids is 1. The first-order valence-corrected chi connectivity index (χ1v) is 8.69. The average molecular weight is 330 g/mol. The molecule has 1 aromatic heterocycles. The molecule has 1 saturated carbocycles. The van der Waals surface area contributed by atoms with E-state index in [0.717, 1.165) is 19.3 Å². The second-order valence-corrected chi connectivity index (χ2v) is 7.72. The summed E-state index contributed by atoms with van der Waals surface area (Å²) < 4.78 is 5.16. The monoisotopic (exact) mass is 330 g/mol. The lowest BCUT2D eigenvalue weighted by molar-refractivity contribution is -0.136. The summed E-state index contributed by atoms with van der Waals surface area (Å²) in [6.07, 6.45) is 12.6. The lowest BCUT2D eigenvalue weighted by Crippen LogP contribution is -2.53. The Morgan fingerprint density at radius 1 is 1.46 bits per heavy atom. The SMILES string of the molecule is CC1CCC2(O)CC(C(=O)O)=CC=CC2C1(C)CCc1ccoc1. The zero-order valence-corrected chi connectivity index (χ0v) is 14.4. The van der Waals surface area contributed by atoms with Crippen LogP contribution in [0.4, 0.5) is 0 Å². The third-order valence-corrected chi connectivity index (χ3v) is 6.33. The zero-order valence-electron chi connectivity index (χ0n) is 14.4. The van der Waals surface area contributed by atoms with Gasteiger partial charge in [0.25, 0.3) is 0 Å². The number of aryl methyl sites for hydroxylation is 1. The maximum Gasteiger partial charge on any atom is 0.331 e. The minimum atomic E-state index is -0.977. The molecule has 1 fully saturated rings. The second-order valence-electron chi connectivity index (χ2n) is 7.72. The van der Waals surface area contributed by atoms with Gasteiger partial charge in [-0.25, -0.2) is 4.79 Å². The maximum atomic E-state index is 11.4. The van der Waals surface area contributed by atoms with E-state index in [2.05, 4.69) is 13.8 Å². The van der Waals surface area contributed by atoms with Crippen LogP contribution >= 0.6 is 0 Å². The first-order valence-electron chi connectivity index (χ1n) is 8.69. The van der Waals surface area contributed by atoms with Crippen molar-refractivity contribution in [2.75, 3.05) is 0 Å². The van der Waals surface area contributed by atoms with Crippen molar-refractivity contribution >= 4 is 5.97 Å². The summed E-state index contributed by atoms with van der Waals surface area (Å²) in [7, 11) is 0. The van der Waals surface area contributed by atoms with Gasteiger partial charge in [0.05, 0.1) is 18.1 Å². The van der Waals surface area contributed by atoms with Crippen LogP contribution in [0.2, 0.25) is 0 Å². The van der Waals surface area contributed by atoms with E-state index < -0.39 is 11.6 Å². The quantitative estimate of drug-likeness (QED) is 0.876. The summed E-state index contributed by atoms with van der Waals surface area (Å²) in [5.74, 6) is -0.521. The van der Waals surface area contributed by atoms with Gasteiger partial charge in [-0.15, -0.1) is 0 Å². The second kappa shape index (κ2) is 6.25. The van der Waals surface area contributed by atoms with Crippen molar-refractivity contribution in [3.8, 4) is 0 Å². The van der Waals surface area contributed by atoms with Crippen molar-refractivity contribution < 1.29 is 19.4 Å². The molecular weight excluding hydrogens is 304 g/mol. The highest BCUT2D eigenvalue weighted by Crippen LogP contribution is 2.55. The maximum absolute atomic E-state index is 11.4. The van der Waals surface area contributed by atoms with Crippen molar-refractivity contribution in [3.63, 3.8) is 0 Å². The first-order chi connectivity index (χ1) is 11.3. The molecule has 4 nitrogen and oxygen atoms in total. The van der Waals surface area contributed by atoms with Gasteiger partial charge in [-0.1, -0.05) is 32.1 Å². The van der Waals surface area contributed by atoms with Crippen LogP contribution in [-0.2, 0) is 11.2 Å². The molecule has 2 aliphatic carbocycles. The molecule has 0 aromatic carbocycles. The Kier molecular flexibility index (Phi) is 4.43. The minimum absolute atomic E-state index is 0.0475. The Bertz CT molecular complexity index is 657. The van der Waals surface area contributed by atoms with Crippen LogP contribution in [-0.4, -0.2) is 21.8 Å². The lowest BCUT2D eigenvalue weighted by atomic mass is 9.53. The number of rotatable bonds is 4. The van der Waals surface area contributed by atoms with E-state index in [9.17, 15) is 15.0 Å². The highest BCUT2D eigenvalue weighted by atomic mass is 16.4. The molecule has 0 radical (unpaired) electrons. The van der Waals surface area contributed by atoms with Crippen LogP contribution in [0.5, 0.6) is 0 Å². The molecule has 0 amide bonds. The molecule has 4 heteroatoms. The largest absolute Gasteiger partial charge is 0.478 e. The molecule has 3 rings (SSSR count). The van der Waals surface area contributed by atoms with Crippen LogP contribution < -0.4 is 0 Å². The number of aliphatic hydroxyl groups is 1.